The number of rotatable bonds is 9. The van der Waals surface area contributed by atoms with Crippen LogP contribution in [0.25, 0.3) is 0 Å². The Bertz CT molecular complexity index is 1570. The number of ether oxygens (including phenoxy) is 1. The Kier molecular flexibility index (Phi) is 12.1. The maximum atomic E-state index is 14.1. The van der Waals surface area contributed by atoms with Crippen LogP contribution in [-0.2, 0) is 27.2 Å². The second kappa shape index (κ2) is 16.7. The molecule has 15 heteroatoms. The third-order valence-electron chi connectivity index (χ3n) is 10.9. The molecule has 4 aliphatic heterocycles. The number of carboxylic acids is 1. The summed E-state index contributed by atoms with van der Waals surface area (Å²) in [5.74, 6) is -0.874. The highest BCUT2D eigenvalue weighted by molar-refractivity contribution is 9.10. The number of nitrogens with one attached hydrogen (secondary N) is 1. The van der Waals surface area contributed by atoms with E-state index in [1.165, 1.54) is 0 Å². The number of carbonyl (C=O) groups excluding carboxylic acids is 3. The van der Waals surface area contributed by atoms with Gasteiger partial charge in [0.25, 0.3) is 5.91 Å². The summed E-state index contributed by atoms with van der Waals surface area (Å²) in [6, 6.07) is 11.7. The first kappa shape index (κ1) is 37.0. The highest BCUT2D eigenvalue weighted by Gasteiger charge is 2.36. The van der Waals surface area contributed by atoms with Crippen molar-refractivity contribution in [1.82, 2.24) is 24.5 Å². The number of piperazine rings is 1. The second-order valence-electron chi connectivity index (χ2n) is 14.1. The van der Waals surface area contributed by atoms with Crippen molar-refractivity contribution in [3.8, 4) is 5.75 Å². The number of phenolic OH excluding ortho intramolecular Hbond substituents is 1. The molecule has 4 amide bonds. The monoisotopic (exact) mass is 766 g/mol. The maximum Gasteiger partial charge on any atom is 0.410 e. The van der Waals surface area contributed by atoms with E-state index in [0.29, 0.717) is 68.1 Å². The van der Waals surface area contributed by atoms with Gasteiger partial charge in [0.2, 0.25) is 0 Å². The van der Waals surface area contributed by atoms with Crippen molar-refractivity contribution < 1.29 is 34.1 Å². The number of hydrogen-bond donors (Lipinski definition) is 3. The zero-order valence-electron chi connectivity index (χ0n) is 29.3. The number of fused-ring (bicyclic) bond motifs is 1. The van der Waals surface area contributed by atoms with Crippen LogP contribution >= 0.6 is 15.9 Å². The Morgan fingerprint density at radius 1 is 0.922 bits per heavy atom. The molecule has 4 aliphatic rings. The molecule has 2 aromatic rings. The maximum absolute atomic E-state index is 14.1. The number of phenols is 1. The number of aliphatic carboxylic acids is 1. The number of amides is 4. The number of likely N-dealkylation sites (tertiary alicyclic amines) is 2. The summed E-state index contributed by atoms with van der Waals surface area (Å²) in [5.41, 5.74) is 3.37. The number of urea groups is 1. The number of halogens is 1. The minimum atomic E-state index is -1.04. The van der Waals surface area contributed by atoms with Crippen molar-refractivity contribution in [3.05, 3.63) is 52.0 Å². The van der Waals surface area contributed by atoms with Gasteiger partial charge in [-0.05, 0) is 89.8 Å². The molecule has 0 aliphatic carbocycles. The Morgan fingerprint density at radius 2 is 1.61 bits per heavy atom. The minimum Gasteiger partial charge on any atom is -0.507 e. The Labute approximate surface area is 308 Å². The van der Waals surface area contributed by atoms with E-state index in [1.54, 1.807) is 23.7 Å². The van der Waals surface area contributed by atoms with Gasteiger partial charge in [-0.3, -0.25) is 14.5 Å². The van der Waals surface area contributed by atoms with Crippen LogP contribution < -0.4 is 10.8 Å². The van der Waals surface area contributed by atoms with Gasteiger partial charge in [0.15, 0.2) is 6.10 Å². The smallest absolute Gasteiger partial charge is 0.410 e. The molecule has 0 saturated carbocycles. The molecule has 2 aromatic carbocycles. The largest absolute Gasteiger partial charge is 0.507 e. The van der Waals surface area contributed by atoms with Crippen molar-refractivity contribution in [2.45, 2.75) is 63.1 Å². The Hall–Kier alpha value is -3.82. The van der Waals surface area contributed by atoms with Crippen LogP contribution in [0.15, 0.2) is 40.9 Å². The molecular weight excluding hydrogens is 719 g/mol. The predicted octanol–water partition coefficient (Wildman–Crippen LogP) is 2.10. The van der Waals surface area contributed by atoms with Gasteiger partial charge in [0.05, 0.1) is 10.9 Å². The molecule has 1 atom stereocenters. The molecule has 51 heavy (non-hydrogen) atoms. The average molecular weight is 768 g/mol. The molecule has 3 saturated heterocycles. The summed E-state index contributed by atoms with van der Waals surface area (Å²) in [5, 5.41) is 22.4. The first-order valence-electron chi connectivity index (χ1n) is 18.1. The number of piperidine rings is 2. The molecule has 0 unspecified atom stereocenters. The van der Waals surface area contributed by atoms with Crippen LogP contribution in [0.5, 0.6) is 5.75 Å². The number of benzene rings is 2. The number of hydrogen-bond acceptors (Lipinski definition) is 8. The summed E-state index contributed by atoms with van der Waals surface area (Å²) in [6.45, 7) is 6.24. The van der Waals surface area contributed by atoms with Crippen LogP contribution in [-0.4, -0.2) is 150 Å². The van der Waals surface area contributed by atoms with Gasteiger partial charge in [0, 0.05) is 76.5 Å². The quantitative estimate of drug-likeness (QED) is 0.327. The highest BCUT2D eigenvalue weighted by Crippen LogP contribution is 2.27. The number of nitrogens with zero attached hydrogens (tertiary/aromatic N) is 5. The molecule has 4 heterocycles. The number of anilines is 1. The predicted molar refractivity (Wildman–Crippen MR) is 198 cm³/mol. The van der Waals surface area contributed by atoms with Gasteiger partial charge < -0.3 is 39.9 Å². The molecule has 6 rings (SSSR count). The van der Waals surface area contributed by atoms with E-state index in [0.717, 1.165) is 62.3 Å². The lowest BCUT2D eigenvalue weighted by atomic mass is 9.91. The summed E-state index contributed by atoms with van der Waals surface area (Å²) >= 11 is 3.40. The van der Waals surface area contributed by atoms with E-state index in [2.05, 4.69) is 31.0 Å². The molecule has 0 bridgehead atoms. The Balaban J connectivity index is 1.05. The molecular formula is C36H48BBrN6O7. The van der Waals surface area contributed by atoms with E-state index >= 15 is 0 Å². The number of carboxylic acid groups (broad SMARTS) is 1. The first-order chi connectivity index (χ1) is 24.5. The summed E-state index contributed by atoms with van der Waals surface area (Å²) in [7, 11) is 1.79. The van der Waals surface area contributed by atoms with Gasteiger partial charge >= 0.3 is 18.1 Å². The number of para-hydroxylation sites is 1. The normalized spacial score (nSPS) is 20.3. The van der Waals surface area contributed by atoms with Gasteiger partial charge in [0.1, 0.15) is 13.6 Å². The molecule has 0 aromatic heterocycles. The molecule has 3 N–H and O–H groups in total. The lowest BCUT2D eigenvalue weighted by Crippen LogP contribution is -2.56. The van der Waals surface area contributed by atoms with Gasteiger partial charge in [-0.1, -0.05) is 24.3 Å². The van der Waals surface area contributed by atoms with Crippen LogP contribution in [0.4, 0.5) is 15.3 Å². The fourth-order valence-electron chi connectivity index (χ4n) is 7.89. The molecule has 0 spiro atoms. The van der Waals surface area contributed by atoms with Gasteiger partial charge in [-0.15, -0.1) is 0 Å². The van der Waals surface area contributed by atoms with Gasteiger partial charge in [-0.25, -0.2) is 9.59 Å². The van der Waals surface area contributed by atoms with Crippen molar-refractivity contribution in [1.29, 1.82) is 0 Å². The lowest BCUT2D eigenvalue weighted by Gasteiger charge is -2.43. The van der Waals surface area contributed by atoms with E-state index in [-0.39, 0.29) is 36.6 Å². The molecule has 3 fully saturated rings. The highest BCUT2D eigenvalue weighted by atomic mass is 79.9. The minimum absolute atomic E-state index is 0.00797. The van der Waals surface area contributed by atoms with Crippen LogP contribution in [0, 0.1) is 0 Å². The summed E-state index contributed by atoms with van der Waals surface area (Å²) in [4.78, 5) is 61.7. The fraction of sp³-hybridized carbons (Fsp3) is 0.556. The standard InChI is InChI=1S/C36H48BBrN6O7/c37-28-21-24(22-29(38)33(28)47)23-31(34(48)42-19-17-41(18-20-42)26-6-11-40(12-7-26)13-10-32(45)46)51-36(50)43-14-8-27(9-15-43)44-16-5-25-3-1-2-4-30(25)39-35(44)49/h1-4,21-22,26-27,31,47H,5-20,23,37H2,(H,39,49)(H,45,46)/t31-/m1/s1. The average Bonchev–Trinajstić information content (AvgIpc) is 3.30. The van der Waals surface area contributed by atoms with Crippen LogP contribution in [0.1, 0.15) is 43.2 Å². The van der Waals surface area contributed by atoms with Crippen molar-refractivity contribution in [2.24, 2.45) is 0 Å². The lowest BCUT2D eigenvalue weighted by molar-refractivity contribution is -0.143. The summed E-state index contributed by atoms with van der Waals surface area (Å²) in [6.07, 6.45) is 2.67. The van der Waals surface area contributed by atoms with Gasteiger partial charge in [-0.2, -0.15) is 0 Å². The second-order valence-corrected chi connectivity index (χ2v) is 15.0. The first-order valence-corrected chi connectivity index (χ1v) is 18.9. The van der Waals surface area contributed by atoms with E-state index in [4.69, 9.17) is 9.84 Å². The fourth-order valence-corrected chi connectivity index (χ4v) is 8.49. The van der Waals surface area contributed by atoms with Crippen molar-refractivity contribution >= 4 is 58.9 Å². The van der Waals surface area contributed by atoms with E-state index in [9.17, 15) is 24.3 Å². The SMILES string of the molecule is Bc1cc(C[C@@H](OC(=O)N2CCC(N3CCc4ccccc4NC3=O)CC2)C(=O)N2CCN(C3CCN(CCC(=O)O)CC3)CC2)cc(Br)c1O. The topological polar surface area (TPSA) is 146 Å². The third kappa shape index (κ3) is 9.17. The van der Waals surface area contributed by atoms with E-state index in [1.807, 2.05) is 35.2 Å². The zero-order valence-corrected chi connectivity index (χ0v) is 30.9. The zero-order chi connectivity index (χ0) is 36.1. The van der Waals surface area contributed by atoms with Crippen molar-refractivity contribution in [3.63, 3.8) is 0 Å². The molecule has 13 nitrogen and oxygen atoms in total. The Morgan fingerprint density at radius 3 is 2.29 bits per heavy atom. The summed E-state index contributed by atoms with van der Waals surface area (Å²) < 4.78 is 6.56. The molecule has 0 radical (unpaired) electrons. The van der Waals surface area contributed by atoms with Crippen molar-refractivity contribution in [2.75, 3.05) is 70.8 Å². The third-order valence-corrected chi connectivity index (χ3v) is 11.5. The van der Waals surface area contributed by atoms with Crippen LogP contribution in [0.3, 0.4) is 0 Å². The van der Waals surface area contributed by atoms with E-state index < -0.39 is 18.2 Å². The van der Waals surface area contributed by atoms with Crippen LogP contribution in [0.2, 0.25) is 0 Å². The number of carbonyl (C=O) groups is 4. The molecule has 274 valence electrons. The number of aromatic hydroxyl groups is 1.